The molecule has 0 aliphatic heterocycles. The van der Waals surface area contributed by atoms with Crippen LogP contribution in [-0.4, -0.2) is 29.7 Å². The molecule has 0 saturated carbocycles. The molecule has 0 spiro atoms. The van der Waals surface area contributed by atoms with Crippen molar-refractivity contribution in [2.45, 2.75) is 19.2 Å². The van der Waals surface area contributed by atoms with Crippen LogP contribution in [0.1, 0.15) is 23.3 Å². The van der Waals surface area contributed by atoms with Crippen LogP contribution in [0.15, 0.2) is 24.3 Å². The number of rotatable bonds is 6. The van der Waals surface area contributed by atoms with E-state index in [0.717, 1.165) is 12.1 Å². The SMILES string of the molecule is NC(=O)CCCNC(=O)c1cc2ccc(OC(F)(F)F)cc2[nH]1. The number of halogens is 3. The third-order valence-corrected chi connectivity index (χ3v) is 2.96. The number of carbonyl (C=O) groups is 2. The van der Waals surface area contributed by atoms with Crippen LogP contribution in [0.3, 0.4) is 0 Å². The molecule has 6 nitrogen and oxygen atoms in total. The number of alkyl halides is 3. The van der Waals surface area contributed by atoms with Crippen LogP contribution in [0.25, 0.3) is 10.9 Å². The molecule has 0 saturated heterocycles. The number of fused-ring (bicyclic) bond motifs is 1. The van der Waals surface area contributed by atoms with E-state index >= 15 is 0 Å². The highest BCUT2D eigenvalue weighted by Gasteiger charge is 2.31. The molecule has 2 amide bonds. The van der Waals surface area contributed by atoms with Crippen molar-refractivity contribution in [2.24, 2.45) is 5.73 Å². The van der Waals surface area contributed by atoms with Gasteiger partial charge in [-0.05, 0) is 24.6 Å². The molecule has 1 aromatic carbocycles. The molecule has 0 atom stereocenters. The molecule has 2 aromatic rings. The lowest BCUT2D eigenvalue weighted by atomic mass is 10.2. The van der Waals surface area contributed by atoms with Gasteiger partial charge in [-0.25, -0.2) is 0 Å². The summed E-state index contributed by atoms with van der Waals surface area (Å²) >= 11 is 0. The summed E-state index contributed by atoms with van der Waals surface area (Å²) in [5.41, 5.74) is 5.52. The molecule has 0 unspecified atom stereocenters. The van der Waals surface area contributed by atoms with Gasteiger partial charge < -0.3 is 20.8 Å². The van der Waals surface area contributed by atoms with Crippen LogP contribution in [0.4, 0.5) is 13.2 Å². The number of benzene rings is 1. The maximum absolute atomic E-state index is 12.2. The number of aromatic amines is 1. The van der Waals surface area contributed by atoms with Crippen LogP contribution in [-0.2, 0) is 4.79 Å². The summed E-state index contributed by atoms with van der Waals surface area (Å²) in [6.07, 6.45) is -4.21. The Morgan fingerprint density at radius 1 is 1.26 bits per heavy atom. The summed E-state index contributed by atoms with van der Waals surface area (Å²) in [6, 6.07) is 5.25. The molecule has 23 heavy (non-hydrogen) atoms. The Labute approximate surface area is 128 Å². The maximum Gasteiger partial charge on any atom is 0.573 e. The minimum absolute atomic E-state index is 0.158. The number of aromatic nitrogens is 1. The van der Waals surface area contributed by atoms with E-state index in [-0.39, 0.29) is 24.4 Å². The number of H-pyrrole nitrogens is 1. The second-order valence-corrected chi connectivity index (χ2v) is 4.81. The van der Waals surface area contributed by atoms with E-state index in [1.807, 2.05) is 0 Å². The minimum Gasteiger partial charge on any atom is -0.406 e. The van der Waals surface area contributed by atoms with Gasteiger partial charge in [0.25, 0.3) is 5.91 Å². The summed E-state index contributed by atoms with van der Waals surface area (Å²) in [7, 11) is 0. The van der Waals surface area contributed by atoms with Crippen LogP contribution in [0, 0.1) is 0 Å². The Kier molecular flexibility index (Phi) is 4.77. The largest absolute Gasteiger partial charge is 0.573 e. The first-order chi connectivity index (χ1) is 10.7. The van der Waals surface area contributed by atoms with Gasteiger partial charge in [0.1, 0.15) is 11.4 Å². The summed E-state index contributed by atoms with van der Waals surface area (Å²) < 4.78 is 40.3. The normalized spacial score (nSPS) is 11.4. The molecule has 0 fully saturated rings. The number of ether oxygens (including phenoxy) is 1. The van der Waals surface area contributed by atoms with E-state index in [4.69, 9.17) is 5.73 Å². The van der Waals surface area contributed by atoms with E-state index in [0.29, 0.717) is 17.3 Å². The summed E-state index contributed by atoms with van der Waals surface area (Å²) in [5.74, 6) is -1.26. The van der Waals surface area contributed by atoms with Gasteiger partial charge in [0.2, 0.25) is 5.91 Å². The Morgan fingerprint density at radius 2 is 2.00 bits per heavy atom. The van der Waals surface area contributed by atoms with E-state index in [2.05, 4.69) is 15.0 Å². The minimum atomic E-state index is -4.78. The molecule has 0 radical (unpaired) electrons. The Balaban J connectivity index is 2.04. The van der Waals surface area contributed by atoms with Crippen molar-refractivity contribution < 1.29 is 27.5 Å². The standard InChI is InChI=1S/C14H14F3N3O3/c15-14(16,17)23-9-4-3-8-6-11(20-10(8)7-9)13(22)19-5-1-2-12(18)21/h3-4,6-7,20H,1-2,5H2,(H2,18,21)(H,19,22). The zero-order valence-electron chi connectivity index (χ0n) is 11.9. The van der Waals surface area contributed by atoms with Gasteiger partial charge in [0, 0.05) is 29.9 Å². The van der Waals surface area contributed by atoms with Crippen molar-refractivity contribution >= 4 is 22.7 Å². The smallest absolute Gasteiger partial charge is 0.406 e. The topological polar surface area (TPSA) is 97.2 Å². The number of carbonyl (C=O) groups excluding carboxylic acids is 2. The number of hydrogen-bond donors (Lipinski definition) is 3. The van der Waals surface area contributed by atoms with Crippen molar-refractivity contribution in [2.75, 3.05) is 6.54 Å². The average Bonchev–Trinajstić information content (AvgIpc) is 2.84. The molecule has 1 aromatic heterocycles. The monoisotopic (exact) mass is 329 g/mol. The van der Waals surface area contributed by atoms with Crippen LogP contribution < -0.4 is 15.8 Å². The zero-order valence-corrected chi connectivity index (χ0v) is 11.9. The highest BCUT2D eigenvalue weighted by Crippen LogP contribution is 2.26. The number of hydrogen-bond acceptors (Lipinski definition) is 3. The molecule has 124 valence electrons. The van der Waals surface area contributed by atoms with Crippen LogP contribution in [0.2, 0.25) is 0 Å². The molecule has 2 rings (SSSR count). The first kappa shape index (κ1) is 16.7. The van der Waals surface area contributed by atoms with Gasteiger partial charge in [0.05, 0.1) is 0 Å². The molecule has 0 aliphatic rings. The fourth-order valence-corrected chi connectivity index (χ4v) is 1.99. The first-order valence-corrected chi connectivity index (χ1v) is 6.69. The lowest BCUT2D eigenvalue weighted by Gasteiger charge is -2.08. The second kappa shape index (κ2) is 6.59. The van der Waals surface area contributed by atoms with Crippen molar-refractivity contribution in [1.82, 2.24) is 10.3 Å². The van der Waals surface area contributed by atoms with Gasteiger partial charge in [-0.3, -0.25) is 9.59 Å². The van der Waals surface area contributed by atoms with Crippen LogP contribution >= 0.6 is 0 Å². The summed E-state index contributed by atoms with van der Waals surface area (Å²) in [5, 5.41) is 3.15. The van der Waals surface area contributed by atoms with E-state index in [1.54, 1.807) is 0 Å². The predicted octanol–water partition coefficient (Wildman–Crippen LogP) is 2.06. The fraction of sp³-hybridized carbons (Fsp3) is 0.286. The highest BCUT2D eigenvalue weighted by atomic mass is 19.4. The van der Waals surface area contributed by atoms with Crippen LogP contribution in [0.5, 0.6) is 5.75 Å². The van der Waals surface area contributed by atoms with Crippen molar-refractivity contribution in [3.63, 3.8) is 0 Å². The first-order valence-electron chi connectivity index (χ1n) is 6.69. The summed E-state index contributed by atoms with van der Waals surface area (Å²) in [4.78, 5) is 25.2. The van der Waals surface area contributed by atoms with E-state index < -0.39 is 18.2 Å². The average molecular weight is 329 g/mol. The van der Waals surface area contributed by atoms with E-state index in [9.17, 15) is 22.8 Å². The molecule has 4 N–H and O–H groups in total. The zero-order chi connectivity index (χ0) is 17.0. The number of amides is 2. The lowest BCUT2D eigenvalue weighted by molar-refractivity contribution is -0.274. The van der Waals surface area contributed by atoms with Gasteiger partial charge in [-0.15, -0.1) is 13.2 Å². The van der Waals surface area contributed by atoms with Gasteiger partial charge >= 0.3 is 6.36 Å². The number of nitrogens with two attached hydrogens (primary N) is 1. The number of nitrogens with one attached hydrogen (secondary N) is 2. The third kappa shape index (κ3) is 4.90. The van der Waals surface area contributed by atoms with Crippen molar-refractivity contribution in [3.05, 3.63) is 30.0 Å². The van der Waals surface area contributed by atoms with Gasteiger partial charge in [-0.1, -0.05) is 0 Å². The Morgan fingerprint density at radius 3 is 2.65 bits per heavy atom. The molecule has 0 aliphatic carbocycles. The fourth-order valence-electron chi connectivity index (χ4n) is 1.99. The van der Waals surface area contributed by atoms with Gasteiger partial charge in [-0.2, -0.15) is 0 Å². The predicted molar refractivity (Wildman–Crippen MR) is 75.7 cm³/mol. The third-order valence-electron chi connectivity index (χ3n) is 2.96. The lowest BCUT2D eigenvalue weighted by Crippen LogP contribution is -2.25. The quantitative estimate of drug-likeness (QED) is 0.708. The highest BCUT2D eigenvalue weighted by molar-refractivity contribution is 5.98. The molecular weight excluding hydrogens is 315 g/mol. The molecular formula is C14H14F3N3O3. The van der Waals surface area contributed by atoms with Crippen molar-refractivity contribution in [3.8, 4) is 5.75 Å². The molecule has 0 bridgehead atoms. The Hall–Kier alpha value is -2.71. The second-order valence-electron chi connectivity index (χ2n) is 4.81. The summed E-state index contributed by atoms with van der Waals surface area (Å²) in [6.45, 7) is 0.263. The molecule has 9 heteroatoms. The van der Waals surface area contributed by atoms with E-state index in [1.165, 1.54) is 12.1 Å². The molecule has 1 heterocycles. The maximum atomic E-state index is 12.2. The van der Waals surface area contributed by atoms with Gasteiger partial charge in [0.15, 0.2) is 0 Å². The number of primary amides is 1. The Bertz CT molecular complexity index is 725. The van der Waals surface area contributed by atoms with Crippen molar-refractivity contribution in [1.29, 1.82) is 0 Å².